The average Bonchev–Trinajstić information content (AvgIpc) is 2.95. The molecule has 4 rings (SSSR count). The lowest BCUT2D eigenvalue weighted by atomic mass is 9.73. The number of amides is 1. The van der Waals surface area contributed by atoms with E-state index < -0.39 is 0 Å². The Balaban J connectivity index is 0.00000169. The Kier molecular flexibility index (Phi) is 5.42. The van der Waals surface area contributed by atoms with Crippen molar-refractivity contribution in [2.75, 3.05) is 5.75 Å². The number of aliphatic hydroxyl groups excluding tert-OH is 1. The highest BCUT2D eigenvalue weighted by Crippen LogP contribution is 2.57. The van der Waals surface area contributed by atoms with Crippen LogP contribution in [0.25, 0.3) is 0 Å². The molecule has 0 bridgehead atoms. The summed E-state index contributed by atoms with van der Waals surface area (Å²) in [6, 6.07) is 0.242. The SMILES string of the molecule is Cl.O=C(NC1CCC(O)CC1)C1CS[C@@]23CC=CC=C2N=CC[C@H]13. The maximum atomic E-state index is 12.9. The van der Waals surface area contributed by atoms with E-state index in [4.69, 9.17) is 0 Å². The maximum absolute atomic E-state index is 12.9. The van der Waals surface area contributed by atoms with Crippen LogP contribution < -0.4 is 5.32 Å². The summed E-state index contributed by atoms with van der Waals surface area (Å²) in [6.45, 7) is 0. The van der Waals surface area contributed by atoms with Gasteiger partial charge in [-0.3, -0.25) is 9.79 Å². The van der Waals surface area contributed by atoms with Crippen LogP contribution in [0.3, 0.4) is 0 Å². The average molecular weight is 369 g/mol. The molecule has 2 fully saturated rings. The van der Waals surface area contributed by atoms with Gasteiger partial charge in [-0.15, -0.1) is 24.2 Å². The lowest BCUT2D eigenvalue weighted by Crippen LogP contribution is -2.46. The van der Waals surface area contributed by atoms with Gasteiger partial charge in [-0.2, -0.15) is 0 Å². The summed E-state index contributed by atoms with van der Waals surface area (Å²) in [6.07, 6.45) is 13.5. The summed E-state index contributed by atoms with van der Waals surface area (Å²) in [4.78, 5) is 17.5. The molecule has 0 radical (unpaired) electrons. The van der Waals surface area contributed by atoms with Gasteiger partial charge in [0.05, 0.1) is 22.5 Å². The molecule has 1 amide bonds. The van der Waals surface area contributed by atoms with Crippen LogP contribution in [0.5, 0.6) is 0 Å². The fourth-order valence-electron chi connectivity index (χ4n) is 4.47. The fourth-order valence-corrected chi connectivity index (χ4v) is 6.29. The van der Waals surface area contributed by atoms with E-state index in [1.54, 1.807) is 0 Å². The quantitative estimate of drug-likeness (QED) is 0.787. The molecule has 1 saturated carbocycles. The van der Waals surface area contributed by atoms with Gasteiger partial charge in [-0.1, -0.05) is 12.2 Å². The van der Waals surface area contributed by atoms with Gasteiger partial charge in [0, 0.05) is 18.0 Å². The first-order chi connectivity index (χ1) is 11.2. The number of hydrogen-bond donors (Lipinski definition) is 2. The summed E-state index contributed by atoms with van der Waals surface area (Å²) in [5.41, 5.74) is 1.15. The minimum atomic E-state index is -0.176. The Bertz CT molecular complexity index is 584. The second-order valence-electron chi connectivity index (χ2n) is 7.16. The lowest BCUT2D eigenvalue weighted by molar-refractivity contribution is -0.127. The number of aliphatic imine (C=N–C) groups is 1. The Morgan fingerprint density at radius 1 is 1.33 bits per heavy atom. The zero-order valence-electron chi connectivity index (χ0n) is 13.7. The summed E-state index contributed by atoms with van der Waals surface area (Å²) in [5.74, 6) is 1.54. The maximum Gasteiger partial charge on any atom is 0.224 e. The van der Waals surface area contributed by atoms with Gasteiger partial charge in [0.15, 0.2) is 0 Å². The van der Waals surface area contributed by atoms with Gasteiger partial charge in [0.1, 0.15) is 0 Å². The van der Waals surface area contributed by atoms with Crippen molar-refractivity contribution in [1.82, 2.24) is 5.32 Å². The van der Waals surface area contributed by atoms with Crippen molar-refractivity contribution in [2.45, 2.75) is 55.4 Å². The van der Waals surface area contributed by atoms with Crippen molar-refractivity contribution < 1.29 is 9.90 Å². The molecule has 2 aliphatic heterocycles. The van der Waals surface area contributed by atoms with Crippen molar-refractivity contribution in [3.63, 3.8) is 0 Å². The van der Waals surface area contributed by atoms with E-state index in [0.717, 1.165) is 50.0 Å². The zero-order valence-corrected chi connectivity index (χ0v) is 15.3. The Hall–Kier alpha value is -0.780. The standard InChI is InChI=1S/C18H24N2O2S.ClH/c21-13-6-4-12(5-7-13)20-17(22)14-11-23-18-9-2-1-3-16(18)19-10-8-15(14)18;/h1-3,10,12-15,21H,4-9,11H2,(H,20,22);1H/t12?,13?,14?,15-,18-;/m1./s1. The predicted molar refractivity (Wildman–Crippen MR) is 101 cm³/mol. The van der Waals surface area contributed by atoms with E-state index >= 15 is 0 Å². The number of carbonyl (C=O) groups excluding carboxylic acids is 1. The molecule has 0 aromatic rings. The van der Waals surface area contributed by atoms with Crippen LogP contribution >= 0.6 is 24.2 Å². The molecule has 1 saturated heterocycles. The molecule has 0 aromatic heterocycles. The topological polar surface area (TPSA) is 61.7 Å². The number of thioether (sulfide) groups is 1. The second-order valence-corrected chi connectivity index (χ2v) is 8.51. The molecule has 1 spiro atoms. The molecule has 24 heavy (non-hydrogen) atoms. The summed E-state index contributed by atoms with van der Waals surface area (Å²) < 4.78 is 0.0221. The molecule has 2 N–H and O–H groups in total. The number of allylic oxidation sites excluding steroid dienone is 3. The molecule has 1 unspecified atom stereocenters. The smallest absolute Gasteiger partial charge is 0.224 e. The molecule has 0 aromatic carbocycles. The minimum absolute atomic E-state index is 0. The molecule has 6 heteroatoms. The van der Waals surface area contributed by atoms with Crippen molar-refractivity contribution in [3.05, 3.63) is 23.9 Å². The van der Waals surface area contributed by atoms with Crippen molar-refractivity contribution in [1.29, 1.82) is 0 Å². The molecule has 2 aliphatic carbocycles. The Morgan fingerprint density at radius 3 is 2.92 bits per heavy atom. The van der Waals surface area contributed by atoms with Gasteiger partial charge in [0.2, 0.25) is 5.91 Å². The molecular formula is C18H25ClN2O2S. The number of halogens is 1. The van der Waals surface area contributed by atoms with Gasteiger partial charge in [0.25, 0.3) is 0 Å². The summed E-state index contributed by atoms with van der Waals surface area (Å²) >= 11 is 1.92. The highest BCUT2D eigenvalue weighted by Gasteiger charge is 2.54. The monoisotopic (exact) mass is 368 g/mol. The second kappa shape index (κ2) is 7.22. The van der Waals surface area contributed by atoms with Crippen LogP contribution in [0.1, 0.15) is 38.5 Å². The molecule has 2 heterocycles. The van der Waals surface area contributed by atoms with Gasteiger partial charge in [-0.25, -0.2) is 0 Å². The number of carbonyl (C=O) groups is 1. The molecule has 3 atom stereocenters. The van der Waals surface area contributed by atoms with Crippen molar-refractivity contribution >= 4 is 36.3 Å². The van der Waals surface area contributed by atoms with Gasteiger partial charge < -0.3 is 10.4 Å². The number of rotatable bonds is 2. The third kappa shape index (κ3) is 3.06. The van der Waals surface area contributed by atoms with Crippen LogP contribution in [-0.2, 0) is 4.79 Å². The fraction of sp³-hybridized carbons (Fsp3) is 0.667. The number of nitrogens with zero attached hydrogens (tertiary/aromatic N) is 1. The summed E-state index contributed by atoms with van der Waals surface area (Å²) in [5, 5.41) is 12.9. The van der Waals surface area contributed by atoms with Crippen molar-refractivity contribution in [3.8, 4) is 0 Å². The van der Waals surface area contributed by atoms with E-state index in [2.05, 4.69) is 28.5 Å². The largest absolute Gasteiger partial charge is 0.393 e. The van der Waals surface area contributed by atoms with E-state index in [0.29, 0.717) is 5.92 Å². The third-order valence-corrected chi connectivity index (χ3v) is 7.54. The molecule has 4 nitrogen and oxygen atoms in total. The molecule has 132 valence electrons. The predicted octanol–water partition coefficient (Wildman–Crippen LogP) is 2.86. The normalized spacial score (nSPS) is 40.1. The highest BCUT2D eigenvalue weighted by atomic mass is 35.5. The highest BCUT2D eigenvalue weighted by molar-refractivity contribution is 8.01. The van der Waals surface area contributed by atoms with Gasteiger partial charge in [-0.05, 0) is 50.5 Å². The number of nitrogens with one attached hydrogen (secondary N) is 1. The first-order valence-corrected chi connectivity index (χ1v) is 9.70. The van der Waals surface area contributed by atoms with Crippen LogP contribution in [0.2, 0.25) is 0 Å². The lowest BCUT2D eigenvalue weighted by Gasteiger charge is -2.39. The van der Waals surface area contributed by atoms with E-state index in [1.165, 1.54) is 0 Å². The van der Waals surface area contributed by atoms with Crippen LogP contribution in [0, 0.1) is 11.8 Å². The Labute approximate surface area is 153 Å². The van der Waals surface area contributed by atoms with E-state index in [9.17, 15) is 9.90 Å². The summed E-state index contributed by atoms with van der Waals surface area (Å²) in [7, 11) is 0. The van der Waals surface area contributed by atoms with E-state index in [-0.39, 0.29) is 41.1 Å². The van der Waals surface area contributed by atoms with Crippen LogP contribution in [0.4, 0.5) is 0 Å². The first-order valence-electron chi connectivity index (χ1n) is 8.71. The zero-order chi connectivity index (χ0) is 15.9. The number of hydrogen-bond acceptors (Lipinski definition) is 4. The number of aliphatic hydroxyl groups is 1. The van der Waals surface area contributed by atoms with Crippen LogP contribution in [0.15, 0.2) is 28.9 Å². The first kappa shape index (κ1) is 18.0. The van der Waals surface area contributed by atoms with Crippen molar-refractivity contribution in [2.24, 2.45) is 16.8 Å². The molecular weight excluding hydrogens is 344 g/mol. The third-order valence-electron chi connectivity index (χ3n) is 5.82. The van der Waals surface area contributed by atoms with Gasteiger partial charge >= 0.3 is 0 Å². The minimum Gasteiger partial charge on any atom is -0.393 e. The molecule has 4 aliphatic rings. The van der Waals surface area contributed by atoms with Crippen LogP contribution in [-0.4, -0.2) is 39.9 Å². The Morgan fingerprint density at radius 2 is 2.12 bits per heavy atom. The van der Waals surface area contributed by atoms with E-state index in [1.807, 2.05) is 18.0 Å².